The molecule has 2 aromatic carbocycles. The summed E-state index contributed by atoms with van der Waals surface area (Å²) in [5.74, 6) is 0.689. The molecule has 3 aromatic rings. The van der Waals surface area contributed by atoms with Gasteiger partial charge in [-0.2, -0.15) is 5.10 Å². The number of rotatable bonds is 3. The second-order valence-corrected chi connectivity index (χ2v) is 6.66. The van der Waals surface area contributed by atoms with E-state index in [-0.39, 0.29) is 6.04 Å². The molecule has 25 heavy (non-hydrogen) atoms. The second kappa shape index (κ2) is 6.87. The standard InChI is InChI=1S/C20H15Cl2N3/c21-16-11-20(23-13-17(16)22)25-19(15-9-5-2-6-10-15)12-18(24-25)14-7-3-1-4-8-14/h1-11,13,19H,12H2. The van der Waals surface area contributed by atoms with Gasteiger partial charge < -0.3 is 0 Å². The Morgan fingerprint density at radius 3 is 2.24 bits per heavy atom. The van der Waals surface area contributed by atoms with Crippen LogP contribution < -0.4 is 5.01 Å². The lowest BCUT2D eigenvalue weighted by Crippen LogP contribution is -2.19. The fourth-order valence-electron chi connectivity index (χ4n) is 2.99. The average molecular weight is 368 g/mol. The molecular formula is C20H15Cl2N3. The maximum atomic E-state index is 6.19. The number of pyridine rings is 1. The lowest BCUT2D eigenvalue weighted by molar-refractivity contribution is 0.699. The van der Waals surface area contributed by atoms with E-state index in [1.54, 1.807) is 12.3 Å². The van der Waals surface area contributed by atoms with E-state index in [2.05, 4.69) is 29.2 Å². The number of aromatic nitrogens is 1. The first-order valence-electron chi connectivity index (χ1n) is 8.00. The first kappa shape index (κ1) is 16.1. The minimum atomic E-state index is 0.0705. The van der Waals surface area contributed by atoms with Crippen LogP contribution in [0, 0.1) is 0 Å². The molecule has 2 heterocycles. The van der Waals surface area contributed by atoms with Gasteiger partial charge in [0.25, 0.3) is 0 Å². The molecule has 0 aliphatic carbocycles. The number of anilines is 1. The fraction of sp³-hybridized carbons (Fsp3) is 0.100. The molecule has 0 amide bonds. The number of nitrogens with zero attached hydrogens (tertiary/aromatic N) is 3. The molecule has 0 fully saturated rings. The predicted octanol–water partition coefficient (Wildman–Crippen LogP) is 5.74. The second-order valence-electron chi connectivity index (χ2n) is 5.84. The molecule has 1 aromatic heterocycles. The van der Waals surface area contributed by atoms with Crippen molar-refractivity contribution in [2.75, 3.05) is 5.01 Å². The van der Waals surface area contributed by atoms with Gasteiger partial charge in [-0.15, -0.1) is 0 Å². The molecule has 4 rings (SSSR count). The molecule has 0 N–H and O–H groups in total. The van der Waals surface area contributed by atoms with E-state index in [1.807, 2.05) is 41.4 Å². The minimum Gasteiger partial charge on any atom is -0.240 e. The van der Waals surface area contributed by atoms with Crippen molar-refractivity contribution in [3.05, 3.63) is 94.1 Å². The van der Waals surface area contributed by atoms with Crippen molar-refractivity contribution in [3.8, 4) is 0 Å². The minimum absolute atomic E-state index is 0.0705. The fourth-order valence-corrected chi connectivity index (χ4v) is 3.24. The molecule has 1 atom stereocenters. The van der Waals surface area contributed by atoms with Crippen molar-refractivity contribution < 1.29 is 0 Å². The van der Waals surface area contributed by atoms with Gasteiger partial charge in [0.1, 0.15) is 0 Å². The summed E-state index contributed by atoms with van der Waals surface area (Å²) in [5, 5.41) is 7.69. The van der Waals surface area contributed by atoms with E-state index in [9.17, 15) is 0 Å². The first-order valence-corrected chi connectivity index (χ1v) is 8.76. The number of halogens is 2. The summed E-state index contributed by atoms with van der Waals surface area (Å²) in [6.45, 7) is 0. The summed E-state index contributed by atoms with van der Waals surface area (Å²) in [5.41, 5.74) is 3.33. The molecule has 0 saturated heterocycles. The van der Waals surface area contributed by atoms with Crippen molar-refractivity contribution in [2.24, 2.45) is 5.10 Å². The van der Waals surface area contributed by atoms with Crippen LogP contribution in [0.1, 0.15) is 23.6 Å². The van der Waals surface area contributed by atoms with Crippen LogP contribution in [0.4, 0.5) is 5.82 Å². The lowest BCUT2D eigenvalue weighted by atomic mass is 9.98. The molecule has 124 valence electrons. The van der Waals surface area contributed by atoms with Gasteiger partial charge in [0, 0.05) is 18.7 Å². The van der Waals surface area contributed by atoms with Crippen LogP contribution in [0.5, 0.6) is 0 Å². The van der Waals surface area contributed by atoms with E-state index in [0.29, 0.717) is 15.9 Å². The largest absolute Gasteiger partial charge is 0.240 e. The maximum Gasteiger partial charge on any atom is 0.150 e. The summed E-state index contributed by atoms with van der Waals surface area (Å²) in [7, 11) is 0. The normalized spacial score (nSPS) is 16.8. The highest BCUT2D eigenvalue weighted by atomic mass is 35.5. The zero-order valence-corrected chi connectivity index (χ0v) is 14.8. The summed E-state index contributed by atoms with van der Waals surface area (Å²) in [6.07, 6.45) is 2.37. The van der Waals surface area contributed by atoms with Gasteiger partial charge in [-0.05, 0) is 11.1 Å². The van der Waals surface area contributed by atoms with Gasteiger partial charge >= 0.3 is 0 Å². The smallest absolute Gasteiger partial charge is 0.150 e. The molecule has 0 spiro atoms. The molecule has 3 nitrogen and oxygen atoms in total. The highest BCUT2D eigenvalue weighted by Gasteiger charge is 2.30. The van der Waals surface area contributed by atoms with Gasteiger partial charge in [0.05, 0.1) is 21.8 Å². The molecule has 1 aliphatic rings. The molecule has 0 saturated carbocycles. The van der Waals surface area contributed by atoms with Gasteiger partial charge in [0.15, 0.2) is 5.82 Å². The van der Waals surface area contributed by atoms with E-state index >= 15 is 0 Å². The van der Waals surface area contributed by atoms with Crippen molar-refractivity contribution in [1.82, 2.24) is 4.98 Å². The van der Waals surface area contributed by atoms with Gasteiger partial charge in [-0.3, -0.25) is 0 Å². The topological polar surface area (TPSA) is 28.5 Å². The van der Waals surface area contributed by atoms with Crippen LogP contribution in [-0.4, -0.2) is 10.7 Å². The lowest BCUT2D eigenvalue weighted by Gasteiger charge is -2.23. The van der Waals surface area contributed by atoms with Crippen LogP contribution in [-0.2, 0) is 0 Å². The van der Waals surface area contributed by atoms with Crippen LogP contribution in [0.15, 0.2) is 78.0 Å². The van der Waals surface area contributed by atoms with Crippen LogP contribution in [0.2, 0.25) is 10.0 Å². The summed E-state index contributed by atoms with van der Waals surface area (Å²) >= 11 is 12.2. The highest BCUT2D eigenvalue weighted by molar-refractivity contribution is 6.42. The Morgan fingerprint density at radius 1 is 0.880 bits per heavy atom. The Hall–Kier alpha value is -2.36. The SMILES string of the molecule is Clc1cnc(N2N=C(c3ccccc3)CC2c2ccccc2)cc1Cl. The third-order valence-electron chi connectivity index (χ3n) is 4.23. The molecule has 1 aliphatic heterocycles. The Morgan fingerprint density at radius 2 is 1.56 bits per heavy atom. The maximum absolute atomic E-state index is 6.19. The first-order chi connectivity index (χ1) is 12.2. The van der Waals surface area contributed by atoms with Crippen LogP contribution in [0.3, 0.4) is 0 Å². The summed E-state index contributed by atoms with van der Waals surface area (Å²) in [6, 6.07) is 22.3. The number of hydrazone groups is 1. The summed E-state index contributed by atoms with van der Waals surface area (Å²) in [4.78, 5) is 4.43. The number of benzene rings is 2. The summed E-state index contributed by atoms with van der Waals surface area (Å²) < 4.78 is 0. The third kappa shape index (κ3) is 3.26. The van der Waals surface area contributed by atoms with Crippen molar-refractivity contribution in [1.29, 1.82) is 0 Å². The predicted molar refractivity (Wildman–Crippen MR) is 104 cm³/mol. The number of hydrogen-bond donors (Lipinski definition) is 0. The molecule has 1 unspecified atom stereocenters. The zero-order chi connectivity index (χ0) is 17.2. The van der Waals surface area contributed by atoms with E-state index in [0.717, 1.165) is 17.7 Å². The van der Waals surface area contributed by atoms with Crippen LogP contribution in [0.25, 0.3) is 0 Å². The quantitative estimate of drug-likeness (QED) is 0.589. The monoisotopic (exact) mass is 367 g/mol. The Balaban J connectivity index is 1.77. The average Bonchev–Trinajstić information content (AvgIpc) is 3.11. The molecule has 0 radical (unpaired) electrons. The molecule has 5 heteroatoms. The van der Waals surface area contributed by atoms with Crippen LogP contribution >= 0.6 is 23.2 Å². The van der Waals surface area contributed by atoms with Gasteiger partial charge in [0.2, 0.25) is 0 Å². The van der Waals surface area contributed by atoms with E-state index in [4.69, 9.17) is 28.3 Å². The molecular weight excluding hydrogens is 353 g/mol. The van der Waals surface area contributed by atoms with Crippen molar-refractivity contribution >= 4 is 34.7 Å². The van der Waals surface area contributed by atoms with Crippen molar-refractivity contribution in [2.45, 2.75) is 12.5 Å². The molecule has 0 bridgehead atoms. The Bertz CT molecular complexity index is 911. The van der Waals surface area contributed by atoms with Gasteiger partial charge in [-0.1, -0.05) is 83.9 Å². The Kier molecular flexibility index (Phi) is 4.43. The Labute approximate surface area is 156 Å². The van der Waals surface area contributed by atoms with E-state index < -0.39 is 0 Å². The van der Waals surface area contributed by atoms with Gasteiger partial charge in [-0.25, -0.2) is 9.99 Å². The third-order valence-corrected chi connectivity index (χ3v) is 4.94. The highest BCUT2D eigenvalue weighted by Crippen LogP contribution is 2.37. The number of hydrogen-bond acceptors (Lipinski definition) is 3. The zero-order valence-electron chi connectivity index (χ0n) is 13.3. The van der Waals surface area contributed by atoms with Crippen molar-refractivity contribution in [3.63, 3.8) is 0 Å². The van der Waals surface area contributed by atoms with E-state index in [1.165, 1.54) is 5.56 Å².